The first-order valence-electron chi connectivity index (χ1n) is 5.25. The molecule has 2 aromatic heterocycles. The third kappa shape index (κ3) is 2.03. The molecule has 0 aliphatic rings. The van der Waals surface area contributed by atoms with Gasteiger partial charge in [-0.3, -0.25) is 4.68 Å². The second kappa shape index (κ2) is 4.31. The Bertz CT molecular complexity index is 478. The average molecular weight is 216 g/mol. The molecule has 0 spiro atoms. The molecule has 0 saturated heterocycles. The molecule has 0 aliphatic heterocycles. The van der Waals surface area contributed by atoms with E-state index < -0.39 is 0 Å². The number of nitrogens with zero attached hydrogens (tertiary/aromatic N) is 2. The van der Waals surface area contributed by atoms with Gasteiger partial charge < -0.3 is 9.43 Å². The summed E-state index contributed by atoms with van der Waals surface area (Å²) in [7, 11) is 4.04. The Labute approximate surface area is 95.6 Å². The Morgan fingerprint density at radius 2 is 2.06 bits per heavy atom. The predicted molar refractivity (Wildman–Crippen MR) is 66.9 cm³/mol. The summed E-state index contributed by atoms with van der Waals surface area (Å²) in [5, 5.41) is 2.04. The summed E-state index contributed by atoms with van der Waals surface area (Å²) in [6, 6.07) is 5.92. The van der Waals surface area contributed by atoms with Gasteiger partial charge in [0.2, 0.25) is 0 Å². The molecular formula is C13H16N2O. The molecule has 0 unspecified atom stereocenters. The van der Waals surface area contributed by atoms with Crippen LogP contribution in [0.4, 0.5) is 0 Å². The summed E-state index contributed by atoms with van der Waals surface area (Å²) in [5.41, 5.74) is 2.41. The van der Waals surface area contributed by atoms with Crippen molar-refractivity contribution in [2.45, 2.75) is 6.92 Å². The van der Waals surface area contributed by atoms with Crippen molar-refractivity contribution in [3.63, 3.8) is 0 Å². The van der Waals surface area contributed by atoms with E-state index in [4.69, 9.17) is 4.42 Å². The van der Waals surface area contributed by atoms with E-state index in [2.05, 4.69) is 29.9 Å². The predicted octanol–water partition coefficient (Wildman–Crippen LogP) is 2.76. The van der Waals surface area contributed by atoms with Crippen molar-refractivity contribution in [1.29, 1.82) is 0 Å². The van der Waals surface area contributed by atoms with Crippen molar-refractivity contribution in [1.82, 2.24) is 4.68 Å². The van der Waals surface area contributed by atoms with E-state index in [-0.39, 0.29) is 0 Å². The maximum absolute atomic E-state index is 5.26. The third-order valence-corrected chi connectivity index (χ3v) is 2.50. The van der Waals surface area contributed by atoms with Crippen molar-refractivity contribution in [2.24, 2.45) is 0 Å². The molecule has 16 heavy (non-hydrogen) atoms. The van der Waals surface area contributed by atoms with Gasteiger partial charge in [0.1, 0.15) is 5.76 Å². The van der Waals surface area contributed by atoms with Crippen LogP contribution >= 0.6 is 0 Å². The summed E-state index contributed by atoms with van der Waals surface area (Å²) in [4.78, 5) is 0. The quantitative estimate of drug-likeness (QED) is 0.786. The molecule has 0 fully saturated rings. The van der Waals surface area contributed by atoms with Crippen LogP contribution in [0.15, 0.2) is 35.1 Å². The minimum Gasteiger partial charge on any atom is -0.465 e. The maximum atomic E-state index is 5.26. The van der Waals surface area contributed by atoms with Crippen LogP contribution in [-0.2, 0) is 0 Å². The van der Waals surface area contributed by atoms with E-state index in [0.717, 1.165) is 5.76 Å². The SMILES string of the molecule is Cc1ccn(N(C)C)c1/C=C/c1ccco1. The zero-order valence-electron chi connectivity index (χ0n) is 9.84. The normalized spacial score (nSPS) is 11.2. The van der Waals surface area contributed by atoms with Crippen molar-refractivity contribution in [3.8, 4) is 0 Å². The van der Waals surface area contributed by atoms with Crippen molar-refractivity contribution in [2.75, 3.05) is 19.1 Å². The zero-order valence-corrected chi connectivity index (χ0v) is 9.84. The molecule has 84 valence electrons. The van der Waals surface area contributed by atoms with Crippen LogP contribution in [0.5, 0.6) is 0 Å². The molecule has 0 aromatic carbocycles. The highest BCUT2D eigenvalue weighted by atomic mass is 16.3. The standard InChI is InChI=1S/C13H16N2O/c1-11-8-9-15(14(2)3)13(11)7-6-12-5-4-10-16-12/h4-10H,1-3H3/b7-6+. The topological polar surface area (TPSA) is 21.3 Å². The van der Waals surface area contributed by atoms with Gasteiger partial charge in [-0.15, -0.1) is 0 Å². The first-order chi connectivity index (χ1) is 7.68. The van der Waals surface area contributed by atoms with Crippen molar-refractivity contribution < 1.29 is 4.42 Å². The van der Waals surface area contributed by atoms with Crippen LogP contribution in [0, 0.1) is 6.92 Å². The first kappa shape index (κ1) is 10.6. The fourth-order valence-corrected chi connectivity index (χ4v) is 1.63. The number of hydrogen-bond donors (Lipinski definition) is 0. The molecular weight excluding hydrogens is 200 g/mol. The van der Waals surface area contributed by atoms with E-state index in [9.17, 15) is 0 Å². The highest BCUT2D eigenvalue weighted by Crippen LogP contribution is 2.14. The van der Waals surface area contributed by atoms with Crippen molar-refractivity contribution >= 4 is 12.2 Å². The largest absolute Gasteiger partial charge is 0.465 e. The number of aromatic nitrogens is 1. The summed E-state index contributed by atoms with van der Waals surface area (Å²) >= 11 is 0. The molecule has 0 aliphatic carbocycles. The van der Waals surface area contributed by atoms with Gasteiger partial charge >= 0.3 is 0 Å². The lowest BCUT2D eigenvalue weighted by atomic mass is 10.2. The molecule has 0 amide bonds. The fraction of sp³-hybridized carbons (Fsp3) is 0.231. The summed E-state index contributed by atoms with van der Waals surface area (Å²) in [5.74, 6) is 0.867. The molecule has 3 nitrogen and oxygen atoms in total. The molecule has 0 radical (unpaired) electrons. The van der Waals surface area contributed by atoms with Gasteiger partial charge in [-0.05, 0) is 42.8 Å². The zero-order chi connectivity index (χ0) is 11.5. The monoisotopic (exact) mass is 216 g/mol. The van der Waals surface area contributed by atoms with Crippen LogP contribution in [0.2, 0.25) is 0 Å². The maximum Gasteiger partial charge on any atom is 0.126 e. The van der Waals surface area contributed by atoms with Crippen LogP contribution in [0.1, 0.15) is 17.0 Å². The van der Waals surface area contributed by atoms with E-state index >= 15 is 0 Å². The fourth-order valence-electron chi connectivity index (χ4n) is 1.63. The highest BCUT2D eigenvalue weighted by Gasteiger charge is 2.03. The Morgan fingerprint density at radius 3 is 2.69 bits per heavy atom. The van der Waals surface area contributed by atoms with Crippen LogP contribution in [0.25, 0.3) is 12.2 Å². The Hall–Kier alpha value is -1.90. The second-order valence-corrected chi connectivity index (χ2v) is 3.92. The molecule has 0 saturated carbocycles. The lowest BCUT2D eigenvalue weighted by Gasteiger charge is -2.16. The lowest BCUT2D eigenvalue weighted by molar-refractivity contribution is 0.557. The number of aryl methyl sites for hydroxylation is 1. The molecule has 0 bridgehead atoms. The van der Waals surface area contributed by atoms with Crippen LogP contribution in [0.3, 0.4) is 0 Å². The van der Waals surface area contributed by atoms with Gasteiger partial charge in [0.25, 0.3) is 0 Å². The van der Waals surface area contributed by atoms with Gasteiger partial charge in [-0.1, -0.05) is 0 Å². The van der Waals surface area contributed by atoms with Gasteiger partial charge in [0, 0.05) is 20.3 Å². The molecule has 2 rings (SSSR count). The lowest BCUT2D eigenvalue weighted by Crippen LogP contribution is -2.24. The number of rotatable bonds is 3. The number of hydrogen-bond acceptors (Lipinski definition) is 2. The molecule has 0 N–H and O–H groups in total. The van der Waals surface area contributed by atoms with E-state index in [0.29, 0.717) is 0 Å². The molecule has 2 aromatic rings. The van der Waals surface area contributed by atoms with Gasteiger partial charge in [-0.2, -0.15) is 0 Å². The minimum atomic E-state index is 0.867. The first-order valence-corrected chi connectivity index (χ1v) is 5.25. The summed E-state index contributed by atoms with van der Waals surface area (Å²) in [6.07, 6.45) is 7.77. The number of furan rings is 1. The van der Waals surface area contributed by atoms with Crippen LogP contribution < -0.4 is 5.01 Å². The molecule has 0 atom stereocenters. The molecule has 3 heteroatoms. The summed E-state index contributed by atoms with van der Waals surface area (Å²) in [6.45, 7) is 2.10. The highest BCUT2D eigenvalue weighted by molar-refractivity contribution is 5.67. The Balaban J connectivity index is 2.30. The minimum absolute atomic E-state index is 0.867. The van der Waals surface area contributed by atoms with Crippen LogP contribution in [-0.4, -0.2) is 18.8 Å². The van der Waals surface area contributed by atoms with Gasteiger partial charge in [0.05, 0.1) is 12.0 Å². The summed E-state index contributed by atoms with van der Waals surface area (Å²) < 4.78 is 7.35. The smallest absolute Gasteiger partial charge is 0.126 e. The third-order valence-electron chi connectivity index (χ3n) is 2.50. The second-order valence-electron chi connectivity index (χ2n) is 3.92. The molecule has 2 heterocycles. The van der Waals surface area contributed by atoms with E-state index in [1.807, 2.05) is 37.3 Å². The Morgan fingerprint density at radius 1 is 1.25 bits per heavy atom. The average Bonchev–Trinajstić information content (AvgIpc) is 2.84. The van der Waals surface area contributed by atoms with Gasteiger partial charge in [0.15, 0.2) is 0 Å². The van der Waals surface area contributed by atoms with Gasteiger partial charge in [-0.25, -0.2) is 0 Å². The Kier molecular flexibility index (Phi) is 2.86. The van der Waals surface area contributed by atoms with Crippen molar-refractivity contribution in [3.05, 3.63) is 47.7 Å². The van der Waals surface area contributed by atoms with E-state index in [1.54, 1.807) is 6.26 Å². The van der Waals surface area contributed by atoms with E-state index in [1.165, 1.54) is 11.3 Å².